The summed E-state index contributed by atoms with van der Waals surface area (Å²) in [4.78, 5) is 16.1. The Morgan fingerprint density at radius 1 is 1.45 bits per heavy atom. The summed E-state index contributed by atoms with van der Waals surface area (Å²) in [5.41, 5.74) is 5.13. The summed E-state index contributed by atoms with van der Waals surface area (Å²) < 4.78 is 0. The molecule has 0 aliphatic heterocycles. The molecule has 2 aliphatic rings. The first-order valence-corrected chi connectivity index (χ1v) is 8.19. The Morgan fingerprint density at radius 3 is 2.85 bits per heavy atom. The third-order valence-corrected chi connectivity index (χ3v) is 5.43. The molecule has 0 saturated heterocycles. The summed E-state index contributed by atoms with van der Waals surface area (Å²) in [6.07, 6.45) is 6.56. The first-order valence-electron chi connectivity index (χ1n) is 6.93. The number of pyridine rings is 1. The highest BCUT2D eigenvalue weighted by Crippen LogP contribution is 2.41. The highest BCUT2D eigenvalue weighted by atomic mass is 35.5. The quantitative estimate of drug-likeness (QED) is 0.876. The highest BCUT2D eigenvalue weighted by Gasteiger charge is 2.46. The predicted octanol–water partition coefficient (Wildman–Crippen LogP) is 2.36. The Kier molecular flexibility index (Phi) is 3.93. The fourth-order valence-corrected chi connectivity index (χ4v) is 4.06. The molecule has 0 aromatic carbocycles. The molecule has 3 N–H and O–H groups in total. The Balaban J connectivity index is 1.65. The van der Waals surface area contributed by atoms with Crippen molar-refractivity contribution in [3.63, 3.8) is 0 Å². The number of carbonyl (C=O) groups is 1. The summed E-state index contributed by atoms with van der Waals surface area (Å²) in [6, 6.07) is 4.25. The van der Waals surface area contributed by atoms with E-state index in [4.69, 9.17) is 17.3 Å². The summed E-state index contributed by atoms with van der Waals surface area (Å²) in [5, 5.41) is 5.43. The Morgan fingerprint density at radius 2 is 2.25 bits per heavy atom. The number of carbonyl (C=O) groups excluding carboxylic acids is 1. The second kappa shape index (κ2) is 5.54. The molecule has 0 bridgehead atoms. The maximum atomic E-state index is 11.8. The number of hydrogen-bond donors (Lipinski definition) is 2. The van der Waals surface area contributed by atoms with Gasteiger partial charge in [0.05, 0.1) is 15.6 Å². The molecule has 1 heterocycles. The molecule has 2 aliphatic carbocycles. The van der Waals surface area contributed by atoms with Gasteiger partial charge in [-0.15, -0.1) is 11.8 Å². The number of rotatable bonds is 5. The van der Waals surface area contributed by atoms with Crippen molar-refractivity contribution in [3.8, 4) is 0 Å². The number of nitrogens with one attached hydrogen (secondary N) is 1. The van der Waals surface area contributed by atoms with Gasteiger partial charge in [0.2, 0.25) is 5.91 Å². The van der Waals surface area contributed by atoms with Gasteiger partial charge in [-0.25, -0.2) is 4.98 Å². The molecule has 2 saturated carbocycles. The standard InChI is InChI=1S/C14H18ClN3OS/c15-9-1-4-12(17-8-9)20-11-5-6-14(7-11,13(16)19)18-10-2-3-10/h1,4,8,10-11,18H,2-3,5-7H2,(H2,16,19). The maximum absolute atomic E-state index is 11.8. The van der Waals surface area contributed by atoms with Crippen molar-refractivity contribution in [3.05, 3.63) is 23.4 Å². The first kappa shape index (κ1) is 14.2. The van der Waals surface area contributed by atoms with Crippen LogP contribution in [0.1, 0.15) is 32.1 Å². The zero-order chi connectivity index (χ0) is 14.2. The highest BCUT2D eigenvalue weighted by molar-refractivity contribution is 7.99. The van der Waals surface area contributed by atoms with E-state index in [0.29, 0.717) is 16.3 Å². The van der Waals surface area contributed by atoms with Crippen LogP contribution < -0.4 is 11.1 Å². The van der Waals surface area contributed by atoms with Crippen molar-refractivity contribution in [1.82, 2.24) is 10.3 Å². The van der Waals surface area contributed by atoms with Gasteiger partial charge in [-0.05, 0) is 44.2 Å². The van der Waals surface area contributed by atoms with E-state index in [2.05, 4.69) is 10.3 Å². The normalized spacial score (nSPS) is 29.6. The number of aromatic nitrogens is 1. The molecule has 108 valence electrons. The first-order chi connectivity index (χ1) is 9.57. The van der Waals surface area contributed by atoms with E-state index in [0.717, 1.165) is 37.1 Å². The van der Waals surface area contributed by atoms with Crippen molar-refractivity contribution >= 4 is 29.3 Å². The molecule has 6 heteroatoms. The molecule has 1 aromatic rings. The number of nitrogens with two attached hydrogens (primary N) is 1. The van der Waals surface area contributed by atoms with Crippen molar-refractivity contribution in [2.24, 2.45) is 5.73 Å². The zero-order valence-electron chi connectivity index (χ0n) is 11.1. The second-order valence-electron chi connectivity index (χ2n) is 5.66. The van der Waals surface area contributed by atoms with Crippen molar-refractivity contribution in [1.29, 1.82) is 0 Å². The minimum absolute atomic E-state index is 0.212. The molecule has 2 unspecified atom stereocenters. The largest absolute Gasteiger partial charge is 0.368 e. The van der Waals surface area contributed by atoms with E-state index < -0.39 is 5.54 Å². The summed E-state index contributed by atoms with van der Waals surface area (Å²) in [5.74, 6) is -0.212. The number of thioether (sulfide) groups is 1. The molecule has 4 nitrogen and oxygen atoms in total. The molecular formula is C14H18ClN3OS. The average molecular weight is 312 g/mol. The second-order valence-corrected chi connectivity index (χ2v) is 7.42. The monoisotopic (exact) mass is 311 g/mol. The topological polar surface area (TPSA) is 68.0 Å². The smallest absolute Gasteiger partial charge is 0.237 e. The summed E-state index contributed by atoms with van der Waals surface area (Å²) >= 11 is 7.55. The molecule has 2 atom stereocenters. The third-order valence-electron chi connectivity index (χ3n) is 3.99. The SMILES string of the molecule is NC(=O)C1(NC2CC2)CCC(Sc2ccc(Cl)cn2)C1. The van der Waals surface area contributed by atoms with E-state index in [-0.39, 0.29) is 5.91 Å². The van der Waals surface area contributed by atoms with Crippen LogP contribution in [0.15, 0.2) is 23.4 Å². The zero-order valence-corrected chi connectivity index (χ0v) is 12.7. The lowest BCUT2D eigenvalue weighted by atomic mass is 9.96. The van der Waals surface area contributed by atoms with E-state index in [1.54, 1.807) is 18.0 Å². The molecule has 1 amide bonds. The number of amides is 1. The van der Waals surface area contributed by atoms with Crippen LogP contribution in [0.2, 0.25) is 5.02 Å². The fourth-order valence-electron chi connectivity index (χ4n) is 2.75. The van der Waals surface area contributed by atoms with Crippen LogP contribution in [0, 0.1) is 0 Å². The Labute approximate surface area is 127 Å². The van der Waals surface area contributed by atoms with E-state index in [9.17, 15) is 4.79 Å². The van der Waals surface area contributed by atoms with Gasteiger partial charge in [0.25, 0.3) is 0 Å². The van der Waals surface area contributed by atoms with Crippen LogP contribution >= 0.6 is 23.4 Å². The number of nitrogens with zero attached hydrogens (tertiary/aromatic N) is 1. The van der Waals surface area contributed by atoms with Gasteiger partial charge in [0.15, 0.2) is 0 Å². The fraction of sp³-hybridized carbons (Fsp3) is 0.571. The van der Waals surface area contributed by atoms with Gasteiger partial charge in [0, 0.05) is 17.5 Å². The maximum Gasteiger partial charge on any atom is 0.237 e. The average Bonchev–Trinajstić information content (AvgIpc) is 3.12. The van der Waals surface area contributed by atoms with Gasteiger partial charge in [-0.3, -0.25) is 4.79 Å². The number of primary amides is 1. The molecule has 0 radical (unpaired) electrons. The minimum Gasteiger partial charge on any atom is -0.368 e. The van der Waals surface area contributed by atoms with Gasteiger partial charge >= 0.3 is 0 Å². The van der Waals surface area contributed by atoms with Crippen LogP contribution in [0.25, 0.3) is 0 Å². The summed E-state index contributed by atoms with van der Waals surface area (Å²) in [6.45, 7) is 0. The van der Waals surface area contributed by atoms with Gasteiger partial charge < -0.3 is 11.1 Å². The molecule has 3 rings (SSSR count). The van der Waals surface area contributed by atoms with Crippen molar-refractivity contribution in [2.45, 2.75) is 54.0 Å². The minimum atomic E-state index is -0.509. The molecule has 20 heavy (non-hydrogen) atoms. The van der Waals surface area contributed by atoms with Crippen molar-refractivity contribution in [2.75, 3.05) is 0 Å². The predicted molar refractivity (Wildman–Crippen MR) is 80.8 cm³/mol. The molecule has 1 aromatic heterocycles. The lowest BCUT2D eigenvalue weighted by Crippen LogP contribution is -2.54. The number of halogens is 1. The third kappa shape index (κ3) is 3.10. The van der Waals surface area contributed by atoms with Crippen LogP contribution in [-0.4, -0.2) is 27.7 Å². The van der Waals surface area contributed by atoms with Crippen LogP contribution in [0.5, 0.6) is 0 Å². The summed E-state index contributed by atoms with van der Waals surface area (Å²) in [7, 11) is 0. The van der Waals surface area contributed by atoms with E-state index >= 15 is 0 Å². The van der Waals surface area contributed by atoms with Gasteiger partial charge in [-0.1, -0.05) is 11.6 Å². The van der Waals surface area contributed by atoms with Crippen LogP contribution in [-0.2, 0) is 4.79 Å². The van der Waals surface area contributed by atoms with Gasteiger partial charge in [-0.2, -0.15) is 0 Å². The van der Waals surface area contributed by atoms with Crippen LogP contribution in [0.3, 0.4) is 0 Å². The molecule has 0 spiro atoms. The van der Waals surface area contributed by atoms with Crippen LogP contribution in [0.4, 0.5) is 0 Å². The van der Waals surface area contributed by atoms with E-state index in [1.165, 1.54) is 0 Å². The Hall–Kier alpha value is -0.780. The number of hydrogen-bond acceptors (Lipinski definition) is 4. The molecule has 2 fully saturated rings. The van der Waals surface area contributed by atoms with Crippen molar-refractivity contribution < 1.29 is 4.79 Å². The Bertz CT molecular complexity index is 506. The lowest BCUT2D eigenvalue weighted by Gasteiger charge is -2.27. The van der Waals surface area contributed by atoms with Gasteiger partial charge in [0.1, 0.15) is 0 Å². The lowest BCUT2D eigenvalue weighted by molar-refractivity contribution is -0.124. The molecular weight excluding hydrogens is 294 g/mol. The van der Waals surface area contributed by atoms with E-state index in [1.807, 2.05) is 12.1 Å².